The second-order valence-electron chi connectivity index (χ2n) is 3.00. The van der Waals surface area contributed by atoms with Crippen LogP contribution in [0.1, 0.15) is 23.0 Å². The molecular weight excluding hydrogens is 182 g/mol. The fourth-order valence-corrected chi connectivity index (χ4v) is 1.23. The topological polar surface area (TPSA) is 47.4 Å². The molecule has 1 aromatic heterocycles. The zero-order valence-corrected chi connectivity index (χ0v) is 8.94. The molecule has 0 fully saturated rings. The summed E-state index contributed by atoms with van der Waals surface area (Å²) in [4.78, 5) is 16.5. The van der Waals surface area contributed by atoms with Crippen molar-refractivity contribution >= 4 is 5.91 Å². The van der Waals surface area contributed by atoms with E-state index in [-0.39, 0.29) is 5.91 Å². The normalized spacial score (nSPS) is 10.3. The molecule has 0 aliphatic rings. The minimum absolute atomic E-state index is 0.169. The number of hydrogen-bond acceptors (Lipinski definition) is 3. The molecule has 0 unspecified atom stereocenters. The van der Waals surface area contributed by atoms with Crippen LogP contribution in [0.4, 0.5) is 0 Å². The molecule has 5 heteroatoms. The summed E-state index contributed by atoms with van der Waals surface area (Å²) in [5, 5.41) is 5.37. The standard InChI is InChI=1S/C9H15N3O2/c1-5-8-7(6-11(2)10-8)9(13)12(3)14-4/h6H,5H2,1-4H3. The van der Waals surface area contributed by atoms with Gasteiger partial charge >= 0.3 is 0 Å². The quantitative estimate of drug-likeness (QED) is 0.667. The molecule has 0 aliphatic carbocycles. The van der Waals surface area contributed by atoms with E-state index < -0.39 is 0 Å². The molecule has 0 aromatic carbocycles. The Morgan fingerprint density at radius 1 is 1.71 bits per heavy atom. The molecule has 1 heterocycles. The Morgan fingerprint density at radius 2 is 2.36 bits per heavy atom. The van der Waals surface area contributed by atoms with Crippen LogP contribution in [0.25, 0.3) is 0 Å². The Hall–Kier alpha value is -1.36. The first kappa shape index (κ1) is 10.7. The van der Waals surface area contributed by atoms with E-state index in [1.54, 1.807) is 25.0 Å². The number of amides is 1. The zero-order chi connectivity index (χ0) is 10.7. The molecule has 5 nitrogen and oxygen atoms in total. The molecule has 0 N–H and O–H groups in total. The number of hydrogen-bond donors (Lipinski definition) is 0. The summed E-state index contributed by atoms with van der Waals surface area (Å²) in [5.74, 6) is -0.169. The fourth-order valence-electron chi connectivity index (χ4n) is 1.23. The second kappa shape index (κ2) is 4.23. The van der Waals surface area contributed by atoms with E-state index in [0.29, 0.717) is 5.56 Å². The number of nitrogens with zero attached hydrogens (tertiary/aromatic N) is 3. The summed E-state index contributed by atoms with van der Waals surface area (Å²) < 4.78 is 1.63. The lowest BCUT2D eigenvalue weighted by Crippen LogP contribution is -2.25. The summed E-state index contributed by atoms with van der Waals surface area (Å²) in [6, 6.07) is 0. The maximum absolute atomic E-state index is 11.7. The average Bonchev–Trinajstić information content (AvgIpc) is 2.57. The van der Waals surface area contributed by atoms with Gasteiger partial charge in [0.2, 0.25) is 0 Å². The maximum atomic E-state index is 11.7. The van der Waals surface area contributed by atoms with Crippen LogP contribution in [0.3, 0.4) is 0 Å². The smallest absolute Gasteiger partial charge is 0.275 e. The van der Waals surface area contributed by atoms with Gasteiger partial charge in [-0.1, -0.05) is 6.92 Å². The van der Waals surface area contributed by atoms with E-state index in [0.717, 1.165) is 12.1 Å². The summed E-state index contributed by atoms with van der Waals surface area (Å²) in [6.07, 6.45) is 2.44. The summed E-state index contributed by atoms with van der Waals surface area (Å²) >= 11 is 0. The van der Waals surface area contributed by atoms with Gasteiger partial charge in [0, 0.05) is 20.3 Å². The van der Waals surface area contributed by atoms with Crippen LogP contribution in [-0.2, 0) is 18.3 Å². The Morgan fingerprint density at radius 3 is 2.86 bits per heavy atom. The second-order valence-corrected chi connectivity index (χ2v) is 3.00. The van der Waals surface area contributed by atoms with Crippen LogP contribution >= 0.6 is 0 Å². The average molecular weight is 197 g/mol. The van der Waals surface area contributed by atoms with Crippen LogP contribution in [0.15, 0.2) is 6.20 Å². The van der Waals surface area contributed by atoms with Crippen LogP contribution in [0.2, 0.25) is 0 Å². The molecule has 14 heavy (non-hydrogen) atoms. The van der Waals surface area contributed by atoms with Crippen molar-refractivity contribution in [1.29, 1.82) is 0 Å². The van der Waals surface area contributed by atoms with E-state index >= 15 is 0 Å². The largest absolute Gasteiger partial charge is 0.280 e. The Balaban J connectivity index is 2.99. The van der Waals surface area contributed by atoms with Crippen LogP contribution < -0.4 is 0 Å². The lowest BCUT2D eigenvalue weighted by Gasteiger charge is -2.12. The van der Waals surface area contributed by atoms with Crippen molar-refractivity contribution in [3.8, 4) is 0 Å². The highest BCUT2D eigenvalue weighted by Gasteiger charge is 2.17. The summed E-state index contributed by atoms with van der Waals surface area (Å²) in [7, 11) is 4.83. The van der Waals surface area contributed by atoms with Crippen LogP contribution in [0.5, 0.6) is 0 Å². The van der Waals surface area contributed by atoms with Crippen molar-refractivity contribution < 1.29 is 9.63 Å². The van der Waals surface area contributed by atoms with Gasteiger partial charge in [-0.2, -0.15) is 5.10 Å². The molecule has 0 aliphatic heterocycles. The molecule has 1 rings (SSSR count). The van der Waals surface area contributed by atoms with E-state index in [1.165, 1.54) is 12.2 Å². The zero-order valence-electron chi connectivity index (χ0n) is 8.94. The van der Waals surface area contributed by atoms with E-state index in [9.17, 15) is 4.79 Å². The number of carbonyl (C=O) groups is 1. The molecule has 0 saturated heterocycles. The molecule has 0 bridgehead atoms. The van der Waals surface area contributed by atoms with Gasteiger partial charge in [-0.15, -0.1) is 0 Å². The van der Waals surface area contributed by atoms with Crippen molar-refractivity contribution in [2.24, 2.45) is 7.05 Å². The lowest BCUT2D eigenvalue weighted by molar-refractivity contribution is -0.0757. The maximum Gasteiger partial charge on any atom is 0.280 e. The van der Waals surface area contributed by atoms with Gasteiger partial charge in [0.1, 0.15) is 0 Å². The number of aromatic nitrogens is 2. The van der Waals surface area contributed by atoms with Crippen molar-refractivity contribution in [3.63, 3.8) is 0 Å². The predicted octanol–water partition coefficient (Wildman–Crippen LogP) is 0.616. The van der Waals surface area contributed by atoms with Crippen molar-refractivity contribution in [1.82, 2.24) is 14.8 Å². The SMILES string of the molecule is CCc1nn(C)cc1C(=O)N(C)OC. The third-order valence-corrected chi connectivity index (χ3v) is 2.03. The minimum atomic E-state index is -0.169. The number of rotatable bonds is 3. The van der Waals surface area contributed by atoms with Crippen molar-refractivity contribution in [2.75, 3.05) is 14.2 Å². The predicted molar refractivity (Wildman–Crippen MR) is 51.7 cm³/mol. The Bertz CT molecular complexity index is 333. The molecule has 0 spiro atoms. The van der Waals surface area contributed by atoms with Crippen LogP contribution in [-0.4, -0.2) is 34.9 Å². The van der Waals surface area contributed by atoms with Crippen molar-refractivity contribution in [3.05, 3.63) is 17.5 Å². The van der Waals surface area contributed by atoms with Gasteiger partial charge in [-0.3, -0.25) is 14.3 Å². The summed E-state index contributed by atoms with van der Waals surface area (Å²) in [6.45, 7) is 1.96. The number of aryl methyl sites for hydroxylation is 2. The van der Waals surface area contributed by atoms with Crippen LogP contribution in [0, 0.1) is 0 Å². The van der Waals surface area contributed by atoms with E-state index in [1.807, 2.05) is 6.92 Å². The van der Waals surface area contributed by atoms with Gasteiger partial charge in [0.05, 0.1) is 18.4 Å². The van der Waals surface area contributed by atoms with Gasteiger partial charge in [-0.05, 0) is 6.42 Å². The molecule has 0 atom stereocenters. The molecule has 0 radical (unpaired) electrons. The number of hydroxylamine groups is 2. The third kappa shape index (κ3) is 1.93. The minimum Gasteiger partial charge on any atom is -0.275 e. The first-order chi connectivity index (χ1) is 6.60. The number of carbonyl (C=O) groups excluding carboxylic acids is 1. The molecule has 0 saturated carbocycles. The Labute approximate surface area is 83.2 Å². The van der Waals surface area contributed by atoms with Gasteiger partial charge in [-0.25, -0.2) is 5.06 Å². The fraction of sp³-hybridized carbons (Fsp3) is 0.556. The molecule has 78 valence electrons. The third-order valence-electron chi connectivity index (χ3n) is 2.03. The van der Waals surface area contributed by atoms with E-state index in [4.69, 9.17) is 4.84 Å². The van der Waals surface area contributed by atoms with Crippen molar-refractivity contribution in [2.45, 2.75) is 13.3 Å². The first-order valence-corrected chi connectivity index (χ1v) is 4.44. The Kier molecular flexibility index (Phi) is 3.24. The summed E-state index contributed by atoms with van der Waals surface area (Å²) in [5.41, 5.74) is 1.39. The molecular formula is C9H15N3O2. The highest BCUT2D eigenvalue weighted by molar-refractivity contribution is 5.94. The monoisotopic (exact) mass is 197 g/mol. The lowest BCUT2D eigenvalue weighted by atomic mass is 10.2. The molecule has 1 amide bonds. The van der Waals surface area contributed by atoms with Gasteiger partial charge in [0.15, 0.2) is 0 Å². The van der Waals surface area contributed by atoms with E-state index in [2.05, 4.69) is 5.10 Å². The first-order valence-electron chi connectivity index (χ1n) is 4.44. The highest BCUT2D eigenvalue weighted by atomic mass is 16.7. The van der Waals surface area contributed by atoms with Gasteiger partial charge < -0.3 is 0 Å². The van der Waals surface area contributed by atoms with Gasteiger partial charge in [0.25, 0.3) is 5.91 Å². The molecule has 1 aromatic rings. The highest BCUT2D eigenvalue weighted by Crippen LogP contribution is 2.09.